The summed E-state index contributed by atoms with van der Waals surface area (Å²) in [6.07, 6.45) is 1.24. The second kappa shape index (κ2) is 9.27. The van der Waals surface area contributed by atoms with Crippen molar-refractivity contribution < 1.29 is 44.1 Å². The molecule has 11 nitrogen and oxygen atoms in total. The van der Waals surface area contributed by atoms with Gasteiger partial charge in [-0.05, 0) is 47.1 Å². The van der Waals surface area contributed by atoms with Gasteiger partial charge in [0.2, 0.25) is 17.3 Å². The molecule has 1 saturated carbocycles. The zero-order valence-electron chi connectivity index (χ0n) is 21.5. The van der Waals surface area contributed by atoms with Gasteiger partial charge in [0.25, 0.3) is 5.91 Å². The predicted molar refractivity (Wildman–Crippen MR) is 141 cm³/mol. The molecule has 1 heterocycles. The smallest absolute Gasteiger partial charge is 0.255 e. The number of aliphatic hydroxyl groups is 3. The lowest BCUT2D eigenvalue weighted by atomic mass is 9.59. The summed E-state index contributed by atoms with van der Waals surface area (Å²) in [6.45, 7) is 0. The standard InChI is InChI=1S/C30H24N2O9/c31-29(39)25-21(35)12-16-10-15-11-18-17(14-3-1-2-13(8-14)9-20(34)22-6-7-32-41-22)4-5-19(33)24(18)26(36)23(15)27(37)30(16,40)28(25)38/h1-8,15-16,33,36,38,40H,9-12H2,(H2,31,39)/t15-,16+,30+/m1/s1. The number of carbonyl (C=O) groups excluding carboxylic acids is 4. The molecule has 11 heteroatoms. The van der Waals surface area contributed by atoms with Gasteiger partial charge in [0.1, 0.15) is 22.8 Å². The van der Waals surface area contributed by atoms with Crippen molar-refractivity contribution >= 4 is 29.0 Å². The van der Waals surface area contributed by atoms with Crippen molar-refractivity contribution in [2.75, 3.05) is 0 Å². The number of amides is 1. The number of nitrogens with two attached hydrogens (primary N) is 1. The molecule has 1 fully saturated rings. The summed E-state index contributed by atoms with van der Waals surface area (Å²) in [6, 6.07) is 11.7. The number of hydrogen-bond acceptors (Lipinski definition) is 10. The Hall–Kier alpha value is -5.03. The van der Waals surface area contributed by atoms with Crippen molar-refractivity contribution in [3.63, 3.8) is 0 Å². The van der Waals surface area contributed by atoms with Gasteiger partial charge in [-0.25, -0.2) is 0 Å². The molecule has 6 rings (SSSR count). The van der Waals surface area contributed by atoms with Crippen LogP contribution in [0.4, 0.5) is 0 Å². The Morgan fingerprint density at radius 3 is 2.56 bits per heavy atom. The van der Waals surface area contributed by atoms with Crippen molar-refractivity contribution in [2.45, 2.75) is 31.3 Å². The number of benzene rings is 2. The van der Waals surface area contributed by atoms with Crippen LogP contribution < -0.4 is 5.73 Å². The Balaban J connectivity index is 1.43. The van der Waals surface area contributed by atoms with E-state index < -0.39 is 58.4 Å². The average Bonchev–Trinajstić information content (AvgIpc) is 3.46. The Morgan fingerprint density at radius 2 is 1.85 bits per heavy atom. The molecule has 0 bridgehead atoms. The molecule has 0 spiro atoms. The molecule has 3 aromatic rings. The second-order valence-corrected chi connectivity index (χ2v) is 10.6. The Morgan fingerprint density at radius 1 is 1.07 bits per heavy atom. The van der Waals surface area contributed by atoms with Crippen LogP contribution in [0.25, 0.3) is 16.9 Å². The fraction of sp³-hybridized carbons (Fsp3) is 0.233. The first kappa shape index (κ1) is 26.2. The first-order valence-electron chi connectivity index (χ1n) is 12.9. The molecule has 6 N–H and O–H groups in total. The Bertz CT molecular complexity index is 1730. The summed E-state index contributed by atoms with van der Waals surface area (Å²) in [7, 11) is 0. The van der Waals surface area contributed by atoms with Gasteiger partial charge >= 0.3 is 0 Å². The van der Waals surface area contributed by atoms with Crippen LogP contribution in [0.3, 0.4) is 0 Å². The number of aromatic nitrogens is 1. The molecular formula is C30H24N2O9. The van der Waals surface area contributed by atoms with Crippen LogP contribution in [0, 0.1) is 11.8 Å². The molecule has 208 valence electrons. The van der Waals surface area contributed by atoms with Crippen LogP contribution in [0.15, 0.2) is 70.1 Å². The maximum atomic E-state index is 13.7. The van der Waals surface area contributed by atoms with Crippen LogP contribution in [-0.4, -0.2) is 54.4 Å². The minimum Gasteiger partial charge on any atom is -0.508 e. The number of hydrogen-bond donors (Lipinski definition) is 5. The van der Waals surface area contributed by atoms with E-state index in [0.29, 0.717) is 22.3 Å². The van der Waals surface area contributed by atoms with Gasteiger partial charge in [0, 0.05) is 30.4 Å². The van der Waals surface area contributed by atoms with Crippen LogP contribution in [0.1, 0.15) is 40.1 Å². The summed E-state index contributed by atoms with van der Waals surface area (Å²) >= 11 is 0. The van der Waals surface area contributed by atoms with Gasteiger partial charge < -0.3 is 30.7 Å². The molecular weight excluding hydrogens is 532 g/mol. The topological polar surface area (TPSA) is 201 Å². The maximum absolute atomic E-state index is 13.7. The third kappa shape index (κ3) is 3.88. The summed E-state index contributed by atoms with van der Waals surface area (Å²) in [5.74, 6) is -6.92. The number of phenolic OH excluding ortho intramolecular Hbond substituents is 1. The number of aliphatic hydroxyl groups excluding tert-OH is 2. The molecule has 0 saturated heterocycles. The van der Waals surface area contributed by atoms with Crippen molar-refractivity contribution in [3.05, 3.63) is 88.0 Å². The van der Waals surface area contributed by atoms with Crippen molar-refractivity contribution in [1.29, 1.82) is 0 Å². The number of primary amides is 1. The number of aromatic hydroxyl groups is 1. The number of Topliss-reactive ketones (excluding diaryl/α,β-unsaturated/α-hetero) is 3. The number of ketones is 3. The van der Waals surface area contributed by atoms with Crippen molar-refractivity contribution in [1.82, 2.24) is 5.16 Å². The molecule has 0 aliphatic heterocycles. The number of rotatable bonds is 5. The van der Waals surface area contributed by atoms with Gasteiger partial charge in [-0.3, -0.25) is 19.2 Å². The predicted octanol–water partition coefficient (Wildman–Crippen LogP) is 2.50. The Labute approximate surface area is 232 Å². The first-order valence-corrected chi connectivity index (χ1v) is 12.9. The SMILES string of the molecule is NC(=O)C1=C(O)[C@@]2(O)C(=O)C3=C(O)c4c(O)ccc(-c5cccc(CC(=O)c6ccno6)c5)c4C[C@H]3C[C@H]2CC1=O. The number of fused-ring (bicyclic) bond motifs is 3. The van der Waals surface area contributed by atoms with Crippen molar-refractivity contribution in [2.24, 2.45) is 17.6 Å². The molecule has 0 unspecified atom stereocenters. The van der Waals surface area contributed by atoms with E-state index in [1.54, 1.807) is 24.3 Å². The quantitative estimate of drug-likeness (QED) is 0.230. The van der Waals surface area contributed by atoms with Gasteiger partial charge in [0.05, 0.1) is 11.8 Å². The molecule has 0 radical (unpaired) electrons. The van der Waals surface area contributed by atoms with E-state index in [4.69, 9.17) is 10.3 Å². The van der Waals surface area contributed by atoms with Crippen LogP contribution >= 0.6 is 0 Å². The van der Waals surface area contributed by atoms with Crippen LogP contribution in [0.2, 0.25) is 0 Å². The fourth-order valence-corrected chi connectivity index (χ4v) is 6.37. The third-order valence-corrected chi connectivity index (χ3v) is 8.26. The monoisotopic (exact) mass is 556 g/mol. The molecule has 3 aliphatic rings. The molecule has 1 aromatic heterocycles. The van der Waals surface area contributed by atoms with Gasteiger partial charge in [-0.2, -0.15) is 0 Å². The summed E-state index contributed by atoms with van der Waals surface area (Å²) in [5, 5.41) is 47.7. The van der Waals surface area contributed by atoms with E-state index in [2.05, 4.69) is 5.16 Å². The minimum absolute atomic E-state index is 0.00207. The van der Waals surface area contributed by atoms with Gasteiger partial charge in [-0.15, -0.1) is 0 Å². The lowest BCUT2D eigenvalue weighted by molar-refractivity contribution is -0.147. The van der Waals surface area contributed by atoms with Crippen molar-refractivity contribution in [3.8, 4) is 16.9 Å². The zero-order chi connectivity index (χ0) is 29.2. The normalized spacial score (nSPS) is 23.6. The molecule has 1 amide bonds. The van der Waals surface area contributed by atoms with Gasteiger partial charge in [-0.1, -0.05) is 35.5 Å². The number of carbonyl (C=O) groups is 4. The molecule has 2 aromatic carbocycles. The lowest BCUT2D eigenvalue weighted by Crippen LogP contribution is -2.58. The highest BCUT2D eigenvalue weighted by Crippen LogP contribution is 2.53. The van der Waals surface area contributed by atoms with E-state index in [-0.39, 0.29) is 47.7 Å². The number of nitrogens with zero attached hydrogens (tertiary/aromatic N) is 1. The van der Waals surface area contributed by atoms with E-state index in [9.17, 15) is 39.6 Å². The fourth-order valence-electron chi connectivity index (χ4n) is 6.37. The van der Waals surface area contributed by atoms with E-state index >= 15 is 0 Å². The van der Waals surface area contributed by atoms with E-state index in [0.717, 1.165) is 0 Å². The minimum atomic E-state index is -2.62. The average molecular weight is 557 g/mol. The summed E-state index contributed by atoms with van der Waals surface area (Å²) < 4.78 is 4.95. The lowest BCUT2D eigenvalue weighted by Gasteiger charge is -2.46. The zero-order valence-corrected chi connectivity index (χ0v) is 21.5. The van der Waals surface area contributed by atoms with Gasteiger partial charge in [0.15, 0.2) is 11.4 Å². The first-order chi connectivity index (χ1) is 19.5. The Kier molecular flexibility index (Phi) is 5.93. The summed E-state index contributed by atoms with van der Waals surface area (Å²) in [4.78, 5) is 50.6. The van der Waals surface area contributed by atoms with E-state index in [1.807, 2.05) is 6.07 Å². The largest absolute Gasteiger partial charge is 0.508 e. The van der Waals surface area contributed by atoms with Crippen LogP contribution in [-0.2, 0) is 27.2 Å². The molecule has 41 heavy (non-hydrogen) atoms. The summed E-state index contributed by atoms with van der Waals surface area (Å²) in [5.41, 5.74) is 4.13. The highest BCUT2D eigenvalue weighted by Gasteiger charge is 2.60. The highest BCUT2D eigenvalue weighted by molar-refractivity contribution is 6.22. The molecule has 3 aliphatic carbocycles. The highest BCUT2D eigenvalue weighted by atomic mass is 16.5. The second-order valence-electron chi connectivity index (χ2n) is 10.6. The molecule has 3 atom stereocenters. The number of phenols is 1. The van der Waals surface area contributed by atoms with E-state index in [1.165, 1.54) is 18.3 Å². The maximum Gasteiger partial charge on any atom is 0.255 e. The van der Waals surface area contributed by atoms with Crippen LogP contribution in [0.5, 0.6) is 5.75 Å². The third-order valence-electron chi connectivity index (χ3n) is 8.26.